The van der Waals surface area contributed by atoms with Crippen LogP contribution in [-0.4, -0.2) is 53.0 Å². The molecule has 0 saturated carbocycles. The quantitative estimate of drug-likeness (QED) is 0.121. The molecule has 1 N–H and O–H groups in total. The molecule has 6 rings (SSSR count). The number of ether oxygens (including phenoxy) is 2. The Hall–Kier alpha value is -3.30. The molecule has 1 radical (unpaired) electrons. The fraction of sp³-hybridized carbons (Fsp3) is 0.167. The summed E-state index contributed by atoms with van der Waals surface area (Å²) in [5.41, 5.74) is 1.48. The van der Waals surface area contributed by atoms with Crippen LogP contribution in [0.25, 0.3) is 5.76 Å². The van der Waals surface area contributed by atoms with Gasteiger partial charge in [0.25, 0.3) is 0 Å². The SMILES string of the molecule is C#CC1(C)OCCO1.CC(=O)c1cc2c(o1)C(=O)c1ccccc1C2=O.Cl.O=C1C(=O)c2ccccc2C(O)=C1Br.[Cu].[O]=[Cu]. The third-order valence-corrected chi connectivity index (χ3v) is 6.82. The number of ketones is 5. The minimum absolute atomic E-state index is 0. The molecule has 2 aliphatic carbocycles. The number of terminal acetylenes is 1. The molecule has 44 heavy (non-hydrogen) atoms. The Bertz CT molecular complexity index is 1630. The second-order valence-corrected chi connectivity index (χ2v) is 9.56. The first-order valence-corrected chi connectivity index (χ1v) is 13.1. The average Bonchev–Trinajstić information content (AvgIpc) is 3.67. The zero-order valence-corrected chi connectivity index (χ0v) is 27.0. The molecular weight excluding hydrogens is 763 g/mol. The summed E-state index contributed by atoms with van der Waals surface area (Å²) in [6.07, 6.45) is 5.07. The van der Waals surface area contributed by atoms with Crippen LogP contribution in [-0.2, 0) is 51.1 Å². The number of hydrogen-bond acceptors (Lipinski definition) is 10. The Morgan fingerprint density at radius 2 is 1.32 bits per heavy atom. The van der Waals surface area contributed by atoms with Gasteiger partial charge in [-0.3, -0.25) is 24.0 Å². The zero-order valence-electron chi connectivity index (χ0n) is 22.7. The number of furan rings is 1. The molecule has 1 aromatic heterocycles. The Balaban J connectivity index is 0.000000333. The number of aliphatic hydroxyl groups excluding tert-OH is 1. The monoisotopic (exact) mass is 782 g/mol. The van der Waals surface area contributed by atoms with Crippen molar-refractivity contribution in [2.45, 2.75) is 19.6 Å². The van der Waals surface area contributed by atoms with Crippen LogP contribution in [0.15, 0.2) is 63.5 Å². The van der Waals surface area contributed by atoms with Crippen molar-refractivity contribution in [2.24, 2.45) is 0 Å². The van der Waals surface area contributed by atoms with Crippen LogP contribution in [0.4, 0.5) is 0 Å². The molecule has 1 aliphatic heterocycles. The van der Waals surface area contributed by atoms with E-state index >= 15 is 0 Å². The Morgan fingerprint density at radius 3 is 1.77 bits per heavy atom. The van der Waals surface area contributed by atoms with Crippen molar-refractivity contribution in [2.75, 3.05) is 13.2 Å². The van der Waals surface area contributed by atoms with Crippen LogP contribution in [0.1, 0.15) is 72.4 Å². The van der Waals surface area contributed by atoms with Gasteiger partial charge in [-0.2, -0.15) is 0 Å². The van der Waals surface area contributed by atoms with Crippen molar-refractivity contribution >= 4 is 63.0 Å². The molecular formula is C30H22BrClCu2O10. The number of Topliss-reactive ketones (excluding diaryl/α,β-unsaturated/α-hetero) is 3. The van der Waals surface area contributed by atoms with E-state index in [4.69, 9.17) is 24.1 Å². The molecule has 2 aromatic carbocycles. The van der Waals surface area contributed by atoms with E-state index in [1.54, 1.807) is 49.4 Å². The van der Waals surface area contributed by atoms with E-state index in [1.165, 1.54) is 19.1 Å². The summed E-state index contributed by atoms with van der Waals surface area (Å²) in [5.74, 6) is -0.763. The summed E-state index contributed by atoms with van der Waals surface area (Å²) in [6.45, 7) is 4.29. The molecule has 3 aliphatic rings. The number of carbonyl (C=O) groups is 5. The van der Waals surface area contributed by atoms with E-state index in [-0.39, 0.29) is 79.7 Å². The number of benzene rings is 2. The number of aliphatic hydroxyl groups is 1. The van der Waals surface area contributed by atoms with Gasteiger partial charge in [0.1, 0.15) is 10.2 Å². The van der Waals surface area contributed by atoms with Gasteiger partial charge in [-0.15, -0.1) is 18.8 Å². The van der Waals surface area contributed by atoms with Crippen molar-refractivity contribution < 1.29 is 79.8 Å². The summed E-state index contributed by atoms with van der Waals surface area (Å²) in [6, 6.07) is 14.3. The minimum atomic E-state index is -0.736. The second-order valence-electron chi connectivity index (χ2n) is 8.77. The molecule has 14 heteroatoms. The van der Waals surface area contributed by atoms with E-state index in [0.29, 0.717) is 29.9 Å². The molecule has 1 fully saturated rings. The molecule has 3 aromatic rings. The molecule has 2 heterocycles. The molecule has 0 amide bonds. The van der Waals surface area contributed by atoms with Gasteiger partial charge in [0.05, 0.1) is 18.8 Å². The van der Waals surface area contributed by atoms with Crippen LogP contribution >= 0.6 is 28.3 Å². The van der Waals surface area contributed by atoms with E-state index in [2.05, 4.69) is 37.8 Å². The second kappa shape index (κ2) is 16.7. The van der Waals surface area contributed by atoms with E-state index in [9.17, 15) is 29.1 Å². The summed E-state index contributed by atoms with van der Waals surface area (Å²) >= 11 is 5.83. The summed E-state index contributed by atoms with van der Waals surface area (Å²) in [7, 11) is 0. The van der Waals surface area contributed by atoms with Crippen LogP contribution < -0.4 is 0 Å². The predicted octanol–water partition coefficient (Wildman–Crippen LogP) is 5.01. The molecule has 0 spiro atoms. The van der Waals surface area contributed by atoms with Gasteiger partial charge in [-0.25, -0.2) is 0 Å². The van der Waals surface area contributed by atoms with Gasteiger partial charge in [-0.05, 0) is 27.9 Å². The predicted molar refractivity (Wildman–Crippen MR) is 153 cm³/mol. The average molecular weight is 785 g/mol. The first kappa shape index (κ1) is 38.7. The number of halogens is 2. The maximum atomic E-state index is 12.2. The molecule has 0 bridgehead atoms. The van der Waals surface area contributed by atoms with Crippen molar-refractivity contribution in [3.63, 3.8) is 0 Å². The first-order valence-electron chi connectivity index (χ1n) is 12.0. The molecule has 238 valence electrons. The summed E-state index contributed by atoms with van der Waals surface area (Å²) in [4.78, 5) is 58.3. The number of carbonyl (C=O) groups excluding carboxylic acids is 5. The molecule has 0 atom stereocenters. The molecule has 1 saturated heterocycles. The summed E-state index contributed by atoms with van der Waals surface area (Å²) < 4.78 is 23.0. The van der Waals surface area contributed by atoms with Crippen molar-refractivity contribution in [1.29, 1.82) is 0 Å². The Kier molecular flexibility index (Phi) is 14.7. The van der Waals surface area contributed by atoms with Crippen LogP contribution in [0.3, 0.4) is 0 Å². The van der Waals surface area contributed by atoms with Crippen molar-refractivity contribution in [3.8, 4) is 12.3 Å². The van der Waals surface area contributed by atoms with Crippen LogP contribution in [0.5, 0.6) is 0 Å². The van der Waals surface area contributed by atoms with Gasteiger partial charge in [-0.1, -0.05) is 48.5 Å². The van der Waals surface area contributed by atoms with Gasteiger partial charge >= 0.3 is 19.8 Å². The Morgan fingerprint density at radius 1 is 0.864 bits per heavy atom. The number of rotatable bonds is 1. The van der Waals surface area contributed by atoms with Crippen molar-refractivity contribution in [1.82, 2.24) is 0 Å². The third kappa shape index (κ3) is 8.04. The molecule has 10 nitrogen and oxygen atoms in total. The van der Waals surface area contributed by atoms with E-state index in [0.717, 1.165) is 0 Å². The van der Waals surface area contributed by atoms with Crippen LogP contribution in [0.2, 0.25) is 0 Å². The standard InChI is InChI=1S/C14H8O4.C10H5BrO3.C6H8O2.ClH.2Cu.O/c1-7(15)11-6-10-12(16)8-4-2-3-5-9(8)13(17)14(10)18-11;11-7-8(12)5-3-1-2-4-6(5)9(13)10(7)14;1-3-6(2)7-4-5-8-6;;;;/h2-6H,1H3;1-4,12H;1H,4-5H2,2H3;1H;;;. The zero-order chi connectivity index (χ0) is 31.2. The van der Waals surface area contributed by atoms with E-state index in [1.807, 2.05) is 0 Å². The van der Waals surface area contributed by atoms with Crippen molar-refractivity contribution in [3.05, 3.63) is 98.4 Å². The number of hydrogen-bond donors (Lipinski definition) is 1. The number of allylic oxidation sites excluding steroid dienone is 1. The normalized spacial score (nSPS) is 15.1. The molecule has 0 unspecified atom stereocenters. The Labute approximate surface area is 285 Å². The van der Waals surface area contributed by atoms with Gasteiger partial charge in [0.15, 0.2) is 23.1 Å². The van der Waals surface area contributed by atoms with Gasteiger partial charge in [0.2, 0.25) is 23.1 Å². The summed E-state index contributed by atoms with van der Waals surface area (Å²) in [5, 5.41) is 9.58. The van der Waals surface area contributed by atoms with Gasteiger partial charge in [0, 0.05) is 53.2 Å². The third-order valence-electron chi connectivity index (χ3n) is 6.09. The van der Waals surface area contributed by atoms with Crippen LogP contribution in [0, 0.1) is 12.3 Å². The van der Waals surface area contributed by atoms with E-state index < -0.39 is 17.4 Å². The van der Waals surface area contributed by atoms with Gasteiger partial charge < -0.3 is 19.0 Å². The first-order chi connectivity index (χ1) is 20.0. The maximum absolute atomic E-state index is 12.2. The fourth-order valence-electron chi connectivity index (χ4n) is 3.98. The number of fused-ring (bicyclic) bond motifs is 3. The topological polar surface area (TPSA) is 154 Å². The fourth-order valence-corrected chi connectivity index (χ4v) is 4.38.